The minimum atomic E-state index is -0.288. The number of hydrogen-bond donors (Lipinski definition) is 0. The van der Waals surface area contributed by atoms with Gasteiger partial charge in [0.05, 0.1) is 12.8 Å². The number of nitrogens with zero attached hydrogens (tertiary/aromatic N) is 3. The first-order chi connectivity index (χ1) is 16.1. The lowest BCUT2D eigenvalue weighted by Gasteiger charge is -2.35. The van der Waals surface area contributed by atoms with Crippen LogP contribution in [0.3, 0.4) is 0 Å². The van der Waals surface area contributed by atoms with Gasteiger partial charge in [-0.25, -0.2) is 4.39 Å². The number of halogens is 1. The van der Waals surface area contributed by atoms with Crippen molar-refractivity contribution in [2.24, 2.45) is 0 Å². The third kappa shape index (κ3) is 6.38. The summed E-state index contributed by atoms with van der Waals surface area (Å²) >= 11 is 0. The number of benzene rings is 2. The zero-order valence-electron chi connectivity index (χ0n) is 18.3. The maximum atomic E-state index is 13.3. The molecule has 4 rings (SSSR count). The first-order valence-electron chi connectivity index (χ1n) is 11.0. The fourth-order valence-corrected chi connectivity index (χ4v) is 3.78. The largest absolute Gasteiger partial charge is 0.489 e. The van der Waals surface area contributed by atoms with E-state index in [-0.39, 0.29) is 24.2 Å². The molecule has 1 aliphatic heterocycles. The molecule has 0 radical (unpaired) electrons. The number of amides is 2. The van der Waals surface area contributed by atoms with Gasteiger partial charge in [-0.15, -0.1) is 0 Å². The number of ether oxygens (including phenoxy) is 1. The number of piperazine rings is 1. The van der Waals surface area contributed by atoms with Crippen molar-refractivity contribution in [3.05, 3.63) is 95.6 Å². The van der Waals surface area contributed by atoms with Crippen LogP contribution in [0.15, 0.2) is 73.1 Å². The monoisotopic (exact) mass is 447 g/mol. The Kier molecular flexibility index (Phi) is 7.29. The van der Waals surface area contributed by atoms with Crippen molar-refractivity contribution < 1.29 is 18.7 Å². The molecule has 0 aliphatic carbocycles. The highest BCUT2D eigenvalue weighted by Crippen LogP contribution is 2.16. The molecular formula is C26H26FN3O3. The molecule has 0 spiro atoms. The molecule has 2 heterocycles. The van der Waals surface area contributed by atoms with Crippen LogP contribution >= 0.6 is 0 Å². The van der Waals surface area contributed by atoms with Crippen molar-refractivity contribution in [1.82, 2.24) is 14.8 Å². The fraction of sp³-hybridized carbons (Fsp3) is 0.269. The summed E-state index contributed by atoms with van der Waals surface area (Å²) in [6.07, 6.45) is 4.02. The van der Waals surface area contributed by atoms with Gasteiger partial charge in [0.25, 0.3) is 0 Å². The molecule has 33 heavy (non-hydrogen) atoms. The topological polar surface area (TPSA) is 62.7 Å². The second-order valence-electron chi connectivity index (χ2n) is 8.04. The first-order valence-corrected chi connectivity index (χ1v) is 11.0. The van der Waals surface area contributed by atoms with E-state index in [1.807, 2.05) is 52.3 Å². The molecule has 170 valence electrons. The number of hydrogen-bond acceptors (Lipinski definition) is 4. The maximum absolute atomic E-state index is 13.3. The highest BCUT2D eigenvalue weighted by Gasteiger charge is 2.24. The smallest absolute Gasteiger partial charge is 0.227 e. The quantitative estimate of drug-likeness (QED) is 0.558. The number of rotatable bonds is 7. The summed E-state index contributed by atoms with van der Waals surface area (Å²) in [5.74, 6) is 0.478. The van der Waals surface area contributed by atoms with Gasteiger partial charge in [0, 0.05) is 38.6 Å². The van der Waals surface area contributed by atoms with Crippen LogP contribution in [0.25, 0.3) is 0 Å². The second-order valence-corrected chi connectivity index (χ2v) is 8.04. The van der Waals surface area contributed by atoms with Crippen LogP contribution in [0.5, 0.6) is 5.75 Å². The van der Waals surface area contributed by atoms with E-state index in [1.165, 1.54) is 12.1 Å². The van der Waals surface area contributed by atoms with Gasteiger partial charge >= 0.3 is 0 Å². The zero-order chi connectivity index (χ0) is 23.0. The second kappa shape index (κ2) is 10.7. The van der Waals surface area contributed by atoms with Crippen LogP contribution in [0.2, 0.25) is 0 Å². The van der Waals surface area contributed by atoms with E-state index < -0.39 is 0 Å². The van der Waals surface area contributed by atoms with E-state index in [2.05, 4.69) is 4.98 Å². The summed E-state index contributed by atoms with van der Waals surface area (Å²) in [4.78, 5) is 32.9. The van der Waals surface area contributed by atoms with Crippen LogP contribution in [-0.4, -0.2) is 52.8 Å². The summed E-state index contributed by atoms with van der Waals surface area (Å²) in [6, 6.07) is 17.4. The molecule has 0 atom stereocenters. The Labute approximate surface area is 192 Å². The molecule has 2 aromatic carbocycles. The van der Waals surface area contributed by atoms with Crippen molar-refractivity contribution in [1.29, 1.82) is 0 Å². The van der Waals surface area contributed by atoms with Gasteiger partial charge in [0.15, 0.2) is 0 Å². The summed E-state index contributed by atoms with van der Waals surface area (Å²) in [5, 5.41) is 0. The van der Waals surface area contributed by atoms with Gasteiger partial charge in [0.2, 0.25) is 11.8 Å². The van der Waals surface area contributed by atoms with Crippen molar-refractivity contribution in [2.75, 3.05) is 26.2 Å². The predicted octanol–water partition coefficient (Wildman–Crippen LogP) is 3.26. The van der Waals surface area contributed by atoms with E-state index in [9.17, 15) is 14.0 Å². The van der Waals surface area contributed by atoms with Crippen molar-refractivity contribution in [3.63, 3.8) is 0 Å². The van der Waals surface area contributed by atoms with Crippen molar-refractivity contribution in [2.45, 2.75) is 19.4 Å². The molecule has 1 aliphatic rings. The van der Waals surface area contributed by atoms with Gasteiger partial charge in [-0.1, -0.05) is 30.3 Å². The molecular weight excluding hydrogens is 421 g/mol. The summed E-state index contributed by atoms with van der Waals surface area (Å²) in [6.45, 7) is 2.42. The van der Waals surface area contributed by atoms with E-state index in [1.54, 1.807) is 18.5 Å². The standard InChI is InChI=1S/C26H26FN3O3/c27-23-5-1-3-22(15-23)19-33-24-8-6-20(7-9-24)16-25(31)29-11-13-30(14-12-29)26(32)17-21-4-2-10-28-18-21/h1-10,15,18H,11-14,16-17,19H2. The number of carbonyl (C=O) groups is 2. The third-order valence-electron chi connectivity index (χ3n) is 5.64. The van der Waals surface area contributed by atoms with Gasteiger partial charge in [-0.05, 0) is 47.0 Å². The average molecular weight is 448 g/mol. The average Bonchev–Trinajstić information content (AvgIpc) is 2.84. The first kappa shape index (κ1) is 22.5. The number of aromatic nitrogens is 1. The minimum Gasteiger partial charge on any atom is -0.489 e. The molecule has 1 aromatic heterocycles. The highest BCUT2D eigenvalue weighted by atomic mass is 19.1. The summed E-state index contributed by atoms with van der Waals surface area (Å²) in [5.41, 5.74) is 2.55. The lowest BCUT2D eigenvalue weighted by Crippen LogP contribution is -2.51. The Balaban J connectivity index is 1.22. The number of pyridine rings is 1. The Morgan fingerprint density at radius 1 is 0.818 bits per heavy atom. The van der Waals surface area contributed by atoms with Gasteiger partial charge < -0.3 is 14.5 Å². The van der Waals surface area contributed by atoms with Gasteiger partial charge in [-0.3, -0.25) is 14.6 Å². The third-order valence-corrected chi connectivity index (χ3v) is 5.64. The maximum Gasteiger partial charge on any atom is 0.227 e. The molecule has 1 fully saturated rings. The van der Waals surface area contributed by atoms with Crippen molar-refractivity contribution in [3.8, 4) is 5.75 Å². The molecule has 2 amide bonds. The lowest BCUT2D eigenvalue weighted by molar-refractivity contribution is -0.138. The number of carbonyl (C=O) groups excluding carboxylic acids is 2. The summed E-state index contributed by atoms with van der Waals surface area (Å²) < 4.78 is 19.0. The molecule has 0 N–H and O–H groups in total. The van der Waals surface area contributed by atoms with Crippen molar-refractivity contribution >= 4 is 11.8 Å². The minimum absolute atomic E-state index is 0.0442. The fourth-order valence-electron chi connectivity index (χ4n) is 3.78. The zero-order valence-corrected chi connectivity index (χ0v) is 18.3. The van der Waals surface area contributed by atoms with Gasteiger partial charge in [-0.2, -0.15) is 0 Å². The van der Waals surface area contributed by atoms with E-state index in [0.717, 1.165) is 16.7 Å². The van der Waals surface area contributed by atoms with E-state index >= 15 is 0 Å². The van der Waals surface area contributed by atoms with Crippen LogP contribution in [0.1, 0.15) is 16.7 Å². The lowest BCUT2D eigenvalue weighted by atomic mass is 10.1. The Morgan fingerprint density at radius 3 is 2.06 bits per heavy atom. The normalized spacial score (nSPS) is 13.6. The van der Waals surface area contributed by atoms with Crippen LogP contribution in [-0.2, 0) is 29.0 Å². The molecule has 0 bridgehead atoms. The Bertz CT molecular complexity index is 1080. The van der Waals surface area contributed by atoms with Crippen LogP contribution < -0.4 is 4.74 Å². The van der Waals surface area contributed by atoms with Gasteiger partial charge in [0.1, 0.15) is 18.2 Å². The molecule has 0 saturated carbocycles. The Morgan fingerprint density at radius 2 is 1.45 bits per heavy atom. The molecule has 0 unspecified atom stereocenters. The molecule has 3 aromatic rings. The summed E-state index contributed by atoms with van der Waals surface area (Å²) in [7, 11) is 0. The van der Waals surface area contributed by atoms with Crippen LogP contribution in [0, 0.1) is 5.82 Å². The van der Waals surface area contributed by atoms with Crippen LogP contribution in [0.4, 0.5) is 4.39 Å². The molecule has 6 nitrogen and oxygen atoms in total. The van der Waals surface area contributed by atoms with E-state index in [4.69, 9.17) is 4.74 Å². The SMILES string of the molecule is O=C(Cc1ccc(OCc2cccc(F)c2)cc1)N1CCN(C(=O)Cc2cccnc2)CC1. The molecule has 1 saturated heterocycles. The highest BCUT2D eigenvalue weighted by molar-refractivity contribution is 5.81. The van der Waals surface area contributed by atoms with E-state index in [0.29, 0.717) is 44.8 Å². The predicted molar refractivity (Wildman–Crippen MR) is 122 cm³/mol. The Hall–Kier alpha value is -3.74. The molecule has 7 heteroatoms.